The Morgan fingerprint density at radius 1 is 1.48 bits per heavy atom. The quantitative estimate of drug-likeness (QED) is 0.871. The van der Waals surface area contributed by atoms with Crippen LogP contribution < -0.4 is 0 Å². The highest BCUT2D eigenvalue weighted by atomic mass is 35.5. The second kappa shape index (κ2) is 6.43. The molecule has 2 rings (SSSR count). The van der Waals surface area contributed by atoms with Crippen LogP contribution in [0.15, 0.2) is 12.1 Å². The van der Waals surface area contributed by atoms with Gasteiger partial charge in [0, 0.05) is 17.8 Å². The first-order valence-corrected chi connectivity index (χ1v) is 7.52. The first-order chi connectivity index (χ1) is 9.93. The van der Waals surface area contributed by atoms with Crippen LogP contribution in [0.25, 0.3) is 0 Å². The third-order valence-corrected chi connectivity index (χ3v) is 4.10. The van der Waals surface area contributed by atoms with Gasteiger partial charge in [0.15, 0.2) is 0 Å². The van der Waals surface area contributed by atoms with Crippen LogP contribution in [0.5, 0.6) is 0 Å². The number of piperidine rings is 1. The number of aromatic nitrogens is 1. The monoisotopic (exact) mass is 310 g/mol. The highest BCUT2D eigenvalue weighted by molar-refractivity contribution is 6.29. The van der Waals surface area contributed by atoms with Crippen LogP contribution in [-0.4, -0.2) is 39.5 Å². The van der Waals surface area contributed by atoms with Gasteiger partial charge in [-0.15, -0.1) is 0 Å². The number of hydrogen-bond donors (Lipinski definition) is 1. The Bertz CT molecular complexity index is 562. The van der Waals surface area contributed by atoms with Crippen molar-refractivity contribution < 1.29 is 14.7 Å². The third kappa shape index (κ3) is 3.35. The molecule has 2 unspecified atom stereocenters. The van der Waals surface area contributed by atoms with Crippen molar-refractivity contribution in [3.63, 3.8) is 0 Å². The van der Waals surface area contributed by atoms with E-state index in [1.165, 1.54) is 11.0 Å². The molecule has 2 heterocycles. The first-order valence-electron chi connectivity index (χ1n) is 7.14. The van der Waals surface area contributed by atoms with Crippen LogP contribution in [-0.2, 0) is 11.2 Å². The topological polar surface area (TPSA) is 70.5 Å². The Kier molecular flexibility index (Phi) is 4.83. The number of pyridine rings is 1. The average Bonchev–Trinajstić information content (AvgIpc) is 2.45. The van der Waals surface area contributed by atoms with Crippen molar-refractivity contribution in [2.75, 3.05) is 6.54 Å². The number of carbonyl (C=O) groups is 2. The lowest BCUT2D eigenvalue weighted by molar-refractivity contribution is -0.145. The van der Waals surface area contributed by atoms with E-state index in [0.29, 0.717) is 18.5 Å². The zero-order chi connectivity index (χ0) is 15.6. The molecule has 1 aliphatic heterocycles. The van der Waals surface area contributed by atoms with Crippen LogP contribution in [0.3, 0.4) is 0 Å². The molecule has 1 saturated heterocycles. The Balaban J connectivity index is 2.33. The van der Waals surface area contributed by atoms with Gasteiger partial charge in [-0.3, -0.25) is 4.79 Å². The lowest BCUT2D eigenvalue weighted by Gasteiger charge is -2.37. The minimum atomic E-state index is -0.952. The molecule has 0 radical (unpaired) electrons. The number of halogens is 1. The zero-order valence-electron chi connectivity index (χ0n) is 12.2. The zero-order valence-corrected chi connectivity index (χ0v) is 12.9. The molecule has 1 fully saturated rings. The summed E-state index contributed by atoms with van der Waals surface area (Å²) in [5, 5.41) is 9.66. The number of amides is 1. The number of hydrogen-bond acceptors (Lipinski definition) is 3. The summed E-state index contributed by atoms with van der Waals surface area (Å²) in [6.07, 6.45) is 2.30. The van der Waals surface area contributed by atoms with Gasteiger partial charge in [0.05, 0.1) is 0 Å². The summed E-state index contributed by atoms with van der Waals surface area (Å²) in [6, 6.07) is 2.41. The van der Waals surface area contributed by atoms with E-state index >= 15 is 0 Å². The van der Waals surface area contributed by atoms with E-state index in [-0.39, 0.29) is 17.0 Å². The van der Waals surface area contributed by atoms with Crippen LogP contribution in [0, 0.1) is 5.92 Å². The predicted octanol–water partition coefficient (Wildman–Crippen LogP) is 2.62. The lowest BCUT2D eigenvalue weighted by Crippen LogP contribution is -2.51. The van der Waals surface area contributed by atoms with E-state index in [1.54, 1.807) is 6.07 Å². The molecule has 6 heteroatoms. The summed E-state index contributed by atoms with van der Waals surface area (Å²) in [4.78, 5) is 29.7. The molecule has 0 spiro atoms. The first kappa shape index (κ1) is 15.8. The molecule has 1 aromatic rings. The van der Waals surface area contributed by atoms with E-state index < -0.39 is 12.0 Å². The molecule has 1 aliphatic rings. The molecule has 1 amide bonds. The molecule has 1 N–H and O–H groups in total. The number of carbonyl (C=O) groups excluding carboxylic acids is 1. The fourth-order valence-corrected chi connectivity index (χ4v) is 3.04. The van der Waals surface area contributed by atoms with E-state index in [2.05, 4.69) is 4.98 Å². The molecular formula is C15H19ClN2O3. The molecule has 5 nitrogen and oxygen atoms in total. The van der Waals surface area contributed by atoms with Gasteiger partial charge in [-0.1, -0.05) is 25.4 Å². The van der Waals surface area contributed by atoms with Gasteiger partial charge in [-0.2, -0.15) is 0 Å². The second-order valence-corrected chi connectivity index (χ2v) is 5.81. The molecular weight excluding hydrogens is 292 g/mol. The van der Waals surface area contributed by atoms with Crippen molar-refractivity contribution in [2.45, 2.75) is 39.2 Å². The molecule has 0 aromatic carbocycles. The van der Waals surface area contributed by atoms with Gasteiger partial charge in [-0.05, 0) is 37.3 Å². The van der Waals surface area contributed by atoms with Gasteiger partial charge in [0.2, 0.25) is 0 Å². The largest absolute Gasteiger partial charge is 0.480 e. The van der Waals surface area contributed by atoms with Crippen LogP contribution in [0.1, 0.15) is 42.7 Å². The summed E-state index contributed by atoms with van der Waals surface area (Å²) in [5.41, 5.74) is 1.13. The number of nitrogens with zero attached hydrogens (tertiary/aromatic N) is 2. The van der Waals surface area contributed by atoms with Crippen molar-refractivity contribution in [3.8, 4) is 0 Å². The number of rotatable bonds is 3. The lowest BCUT2D eigenvalue weighted by atomic mass is 9.90. The van der Waals surface area contributed by atoms with Crippen LogP contribution >= 0.6 is 11.6 Å². The number of likely N-dealkylation sites (tertiary alicyclic amines) is 1. The van der Waals surface area contributed by atoms with Gasteiger partial charge < -0.3 is 10.0 Å². The number of carboxylic acids is 1. The minimum Gasteiger partial charge on any atom is -0.480 e. The maximum absolute atomic E-state index is 12.7. The molecule has 0 saturated carbocycles. The number of carboxylic acid groups (broad SMARTS) is 1. The number of aliphatic carboxylic acids is 1. The SMILES string of the molecule is CCc1cc(C(=O)N2CCCC(C)C2C(=O)O)cc(Cl)n1. The van der Waals surface area contributed by atoms with Crippen molar-refractivity contribution in [1.82, 2.24) is 9.88 Å². The van der Waals surface area contributed by atoms with E-state index in [1.807, 2.05) is 13.8 Å². The summed E-state index contributed by atoms with van der Waals surface area (Å²) < 4.78 is 0. The molecule has 0 bridgehead atoms. The molecule has 1 aromatic heterocycles. The van der Waals surface area contributed by atoms with E-state index in [0.717, 1.165) is 18.5 Å². The third-order valence-electron chi connectivity index (χ3n) is 3.90. The molecule has 21 heavy (non-hydrogen) atoms. The summed E-state index contributed by atoms with van der Waals surface area (Å²) >= 11 is 5.94. The standard InChI is InChI=1S/C15H19ClN2O3/c1-3-11-7-10(8-12(16)17-11)14(19)18-6-4-5-9(2)13(18)15(20)21/h7-9,13H,3-6H2,1-2H3,(H,20,21). The van der Waals surface area contributed by atoms with E-state index in [9.17, 15) is 14.7 Å². The Morgan fingerprint density at radius 3 is 2.81 bits per heavy atom. The van der Waals surface area contributed by atoms with Crippen molar-refractivity contribution in [1.29, 1.82) is 0 Å². The molecule has 0 aliphatic carbocycles. The van der Waals surface area contributed by atoms with Crippen LogP contribution in [0.2, 0.25) is 5.15 Å². The maximum Gasteiger partial charge on any atom is 0.326 e. The maximum atomic E-state index is 12.7. The Morgan fingerprint density at radius 2 is 2.19 bits per heavy atom. The van der Waals surface area contributed by atoms with Gasteiger partial charge in [0.1, 0.15) is 11.2 Å². The van der Waals surface area contributed by atoms with Gasteiger partial charge >= 0.3 is 5.97 Å². The summed E-state index contributed by atoms with van der Waals surface area (Å²) in [7, 11) is 0. The van der Waals surface area contributed by atoms with Crippen molar-refractivity contribution in [3.05, 3.63) is 28.5 Å². The summed E-state index contributed by atoms with van der Waals surface area (Å²) in [6.45, 7) is 4.26. The van der Waals surface area contributed by atoms with Crippen molar-refractivity contribution in [2.24, 2.45) is 5.92 Å². The highest BCUT2D eigenvalue weighted by Crippen LogP contribution is 2.26. The van der Waals surface area contributed by atoms with Gasteiger partial charge in [-0.25, -0.2) is 9.78 Å². The molecule has 114 valence electrons. The summed E-state index contributed by atoms with van der Waals surface area (Å²) in [5.74, 6) is -1.29. The molecule has 2 atom stereocenters. The minimum absolute atomic E-state index is 0.0526. The van der Waals surface area contributed by atoms with Crippen LogP contribution in [0.4, 0.5) is 0 Å². The fraction of sp³-hybridized carbons (Fsp3) is 0.533. The van der Waals surface area contributed by atoms with E-state index in [4.69, 9.17) is 11.6 Å². The predicted molar refractivity (Wildman–Crippen MR) is 79.5 cm³/mol. The fourth-order valence-electron chi connectivity index (χ4n) is 2.81. The smallest absolute Gasteiger partial charge is 0.326 e. The normalized spacial score (nSPS) is 22.1. The highest BCUT2D eigenvalue weighted by Gasteiger charge is 2.37. The van der Waals surface area contributed by atoms with Crippen molar-refractivity contribution >= 4 is 23.5 Å². The van der Waals surface area contributed by atoms with Gasteiger partial charge in [0.25, 0.3) is 5.91 Å². The second-order valence-electron chi connectivity index (χ2n) is 5.42. The average molecular weight is 311 g/mol. The number of aryl methyl sites for hydroxylation is 1. The Hall–Kier alpha value is -1.62. The Labute approximate surface area is 128 Å².